The average molecular weight is 314 g/mol. The Morgan fingerprint density at radius 3 is 2.38 bits per heavy atom. The number of alkyl halides is 1. The Morgan fingerprint density at radius 2 is 1.71 bits per heavy atom. The number of carbonyl (C=O) groups excluding carboxylic acids is 1. The van der Waals surface area contributed by atoms with E-state index >= 15 is 0 Å². The number of amides is 1. The van der Waals surface area contributed by atoms with Crippen LogP contribution in [-0.2, 0) is 0 Å². The van der Waals surface area contributed by atoms with E-state index in [1.807, 2.05) is 6.07 Å². The van der Waals surface area contributed by atoms with Crippen LogP contribution >= 0.6 is 11.6 Å². The van der Waals surface area contributed by atoms with E-state index in [1.165, 1.54) is 0 Å². The lowest BCUT2D eigenvalue weighted by atomic mass is 10.1. The second-order valence-electron chi connectivity index (χ2n) is 4.31. The molecule has 0 spiro atoms. The van der Waals surface area contributed by atoms with E-state index in [-0.39, 0.29) is 6.54 Å². The van der Waals surface area contributed by atoms with Crippen molar-refractivity contribution in [3.8, 4) is 0 Å². The Labute approximate surface area is 124 Å². The molecule has 0 saturated heterocycles. The van der Waals surface area contributed by atoms with Crippen molar-refractivity contribution >= 4 is 17.5 Å². The molecule has 110 valence electrons. The van der Waals surface area contributed by atoms with Crippen LogP contribution in [0.2, 0.25) is 0 Å². The molecule has 1 N–H and O–H groups in total. The number of halogens is 4. The molecule has 0 aromatic heterocycles. The summed E-state index contributed by atoms with van der Waals surface area (Å²) in [6.45, 7) is 0.0306. The van der Waals surface area contributed by atoms with Gasteiger partial charge in [0.1, 0.15) is 0 Å². The lowest BCUT2D eigenvalue weighted by Gasteiger charge is -2.11. The van der Waals surface area contributed by atoms with Crippen molar-refractivity contribution in [1.29, 1.82) is 0 Å². The average Bonchev–Trinajstić information content (AvgIpc) is 2.51. The van der Waals surface area contributed by atoms with Gasteiger partial charge in [-0.3, -0.25) is 4.79 Å². The van der Waals surface area contributed by atoms with Crippen molar-refractivity contribution < 1.29 is 18.0 Å². The summed E-state index contributed by atoms with van der Waals surface area (Å²) in [5.41, 5.74) is 0.219. The normalized spacial score (nSPS) is 12.0. The van der Waals surface area contributed by atoms with Crippen LogP contribution in [0, 0.1) is 17.5 Å². The lowest BCUT2D eigenvalue weighted by Crippen LogP contribution is -2.28. The first-order valence-corrected chi connectivity index (χ1v) is 6.55. The Balaban J connectivity index is 2.04. The van der Waals surface area contributed by atoms with Gasteiger partial charge in [-0.25, -0.2) is 13.2 Å². The summed E-state index contributed by atoms with van der Waals surface area (Å²) in [6, 6.07) is 10.5. The second-order valence-corrected chi connectivity index (χ2v) is 4.84. The molecule has 1 atom stereocenters. The van der Waals surface area contributed by atoms with Crippen LogP contribution in [0.3, 0.4) is 0 Å². The zero-order chi connectivity index (χ0) is 15.4. The minimum Gasteiger partial charge on any atom is -0.350 e. The van der Waals surface area contributed by atoms with Gasteiger partial charge in [-0.15, -0.1) is 11.6 Å². The van der Waals surface area contributed by atoms with Crippen molar-refractivity contribution in [1.82, 2.24) is 5.32 Å². The van der Waals surface area contributed by atoms with Gasteiger partial charge < -0.3 is 5.32 Å². The first-order valence-electron chi connectivity index (χ1n) is 6.11. The SMILES string of the molecule is O=C(NCC(Cl)c1ccccc1)c1ccc(F)c(F)c1F. The van der Waals surface area contributed by atoms with Gasteiger partial charge in [0.05, 0.1) is 10.9 Å². The van der Waals surface area contributed by atoms with Crippen LogP contribution in [0.25, 0.3) is 0 Å². The summed E-state index contributed by atoms with van der Waals surface area (Å²) < 4.78 is 39.3. The number of benzene rings is 2. The Morgan fingerprint density at radius 1 is 1.05 bits per heavy atom. The molecule has 0 aliphatic carbocycles. The molecule has 6 heteroatoms. The molecule has 0 saturated carbocycles. The molecule has 0 aliphatic heterocycles. The third-order valence-electron chi connectivity index (χ3n) is 2.88. The molecule has 2 rings (SSSR count). The van der Waals surface area contributed by atoms with E-state index in [1.54, 1.807) is 24.3 Å². The van der Waals surface area contributed by atoms with Gasteiger partial charge in [-0.2, -0.15) is 0 Å². The molecule has 21 heavy (non-hydrogen) atoms. The minimum absolute atomic E-state index is 0.0306. The number of hydrogen-bond donors (Lipinski definition) is 1. The van der Waals surface area contributed by atoms with Crippen LogP contribution < -0.4 is 5.32 Å². The van der Waals surface area contributed by atoms with E-state index in [0.717, 1.165) is 11.6 Å². The zero-order valence-corrected chi connectivity index (χ0v) is 11.5. The van der Waals surface area contributed by atoms with E-state index in [0.29, 0.717) is 6.07 Å². The largest absolute Gasteiger partial charge is 0.350 e. The lowest BCUT2D eigenvalue weighted by molar-refractivity contribution is 0.0948. The smallest absolute Gasteiger partial charge is 0.254 e. The van der Waals surface area contributed by atoms with E-state index < -0.39 is 34.3 Å². The summed E-state index contributed by atoms with van der Waals surface area (Å²) in [5, 5.41) is 1.87. The molecule has 2 aromatic carbocycles. The van der Waals surface area contributed by atoms with Gasteiger partial charge in [0.25, 0.3) is 5.91 Å². The van der Waals surface area contributed by atoms with E-state index in [2.05, 4.69) is 5.32 Å². The van der Waals surface area contributed by atoms with Crippen molar-refractivity contribution in [3.63, 3.8) is 0 Å². The Hall–Kier alpha value is -2.01. The molecule has 2 nitrogen and oxygen atoms in total. The van der Waals surface area contributed by atoms with Crippen LogP contribution in [0.5, 0.6) is 0 Å². The summed E-state index contributed by atoms with van der Waals surface area (Å²) in [7, 11) is 0. The first kappa shape index (κ1) is 15.4. The first-order chi connectivity index (χ1) is 10.0. The molecule has 0 fully saturated rings. The molecule has 0 bridgehead atoms. The van der Waals surface area contributed by atoms with Crippen molar-refractivity contribution in [3.05, 3.63) is 71.0 Å². The van der Waals surface area contributed by atoms with E-state index in [9.17, 15) is 18.0 Å². The highest BCUT2D eigenvalue weighted by Crippen LogP contribution is 2.19. The Kier molecular flexibility index (Phi) is 4.85. The monoisotopic (exact) mass is 313 g/mol. The molecule has 0 radical (unpaired) electrons. The molecule has 1 unspecified atom stereocenters. The third kappa shape index (κ3) is 3.55. The second kappa shape index (κ2) is 6.63. The number of carbonyl (C=O) groups is 1. The summed E-state index contributed by atoms with van der Waals surface area (Å²) in [5.74, 6) is -5.39. The zero-order valence-electron chi connectivity index (χ0n) is 10.7. The third-order valence-corrected chi connectivity index (χ3v) is 3.29. The van der Waals surface area contributed by atoms with Crippen LogP contribution in [0.1, 0.15) is 21.3 Å². The minimum atomic E-state index is -1.67. The topological polar surface area (TPSA) is 29.1 Å². The Bertz CT molecular complexity index is 649. The van der Waals surface area contributed by atoms with Gasteiger partial charge in [-0.1, -0.05) is 30.3 Å². The molecule has 2 aromatic rings. The van der Waals surface area contributed by atoms with E-state index in [4.69, 9.17) is 11.6 Å². The van der Waals surface area contributed by atoms with Crippen LogP contribution in [0.4, 0.5) is 13.2 Å². The fourth-order valence-corrected chi connectivity index (χ4v) is 1.98. The standard InChI is InChI=1S/C15H11ClF3NO/c16-11(9-4-2-1-3-5-9)8-20-15(21)10-6-7-12(17)14(19)13(10)18/h1-7,11H,8H2,(H,20,21). The highest BCUT2D eigenvalue weighted by Gasteiger charge is 2.19. The molecular formula is C15H11ClF3NO. The summed E-state index contributed by atoms with van der Waals surface area (Å²) in [4.78, 5) is 11.8. The maximum absolute atomic E-state index is 13.5. The van der Waals surface area contributed by atoms with Crippen LogP contribution in [-0.4, -0.2) is 12.5 Å². The quantitative estimate of drug-likeness (QED) is 0.675. The number of rotatable bonds is 4. The molecule has 1 amide bonds. The fraction of sp³-hybridized carbons (Fsp3) is 0.133. The van der Waals surface area contributed by atoms with Gasteiger partial charge >= 0.3 is 0 Å². The van der Waals surface area contributed by atoms with Crippen molar-refractivity contribution in [2.45, 2.75) is 5.38 Å². The number of hydrogen-bond acceptors (Lipinski definition) is 1. The highest BCUT2D eigenvalue weighted by molar-refractivity contribution is 6.21. The predicted octanol–water partition coefficient (Wildman–Crippen LogP) is 3.81. The fourth-order valence-electron chi connectivity index (χ4n) is 1.76. The van der Waals surface area contributed by atoms with Gasteiger partial charge in [0.15, 0.2) is 17.5 Å². The number of nitrogens with one attached hydrogen (secondary N) is 1. The summed E-state index contributed by atoms with van der Waals surface area (Å²) >= 11 is 6.09. The molecular weight excluding hydrogens is 303 g/mol. The van der Waals surface area contributed by atoms with Gasteiger partial charge in [-0.05, 0) is 17.7 Å². The highest BCUT2D eigenvalue weighted by atomic mass is 35.5. The van der Waals surface area contributed by atoms with Gasteiger partial charge in [0, 0.05) is 6.54 Å². The van der Waals surface area contributed by atoms with Crippen molar-refractivity contribution in [2.75, 3.05) is 6.54 Å². The summed E-state index contributed by atoms with van der Waals surface area (Å²) in [6.07, 6.45) is 0. The maximum Gasteiger partial charge on any atom is 0.254 e. The molecule has 0 aliphatic rings. The molecule has 0 heterocycles. The maximum atomic E-state index is 13.5. The van der Waals surface area contributed by atoms with Crippen molar-refractivity contribution in [2.24, 2.45) is 0 Å². The van der Waals surface area contributed by atoms with Crippen LogP contribution in [0.15, 0.2) is 42.5 Å². The van der Waals surface area contributed by atoms with Gasteiger partial charge in [0.2, 0.25) is 0 Å². The predicted molar refractivity (Wildman–Crippen MR) is 73.7 cm³/mol.